The minimum Gasteiger partial charge on any atom is -0.380 e. The molecule has 1 aliphatic rings. The lowest BCUT2D eigenvalue weighted by Gasteiger charge is -2.38. The zero-order valence-electron chi connectivity index (χ0n) is 12.0. The smallest absolute Gasteiger partial charge is 0.307 e. The summed E-state index contributed by atoms with van der Waals surface area (Å²) in [5, 5.41) is 13.7. The van der Waals surface area contributed by atoms with Gasteiger partial charge < -0.3 is 10.1 Å². The zero-order chi connectivity index (χ0) is 15.6. The fraction of sp³-hybridized carbons (Fsp3) is 0.571. The van der Waals surface area contributed by atoms with Crippen molar-refractivity contribution in [3.05, 3.63) is 33.9 Å². The molecule has 0 amide bonds. The van der Waals surface area contributed by atoms with Crippen molar-refractivity contribution in [2.75, 3.05) is 11.9 Å². The van der Waals surface area contributed by atoms with Crippen LogP contribution in [-0.4, -0.2) is 23.2 Å². The Bertz CT molecular complexity index is 553. The third kappa shape index (κ3) is 3.47. The number of nitro groups is 1. The molecule has 0 saturated carbocycles. The van der Waals surface area contributed by atoms with Gasteiger partial charge in [0.1, 0.15) is 5.82 Å². The second-order valence-corrected chi connectivity index (χ2v) is 5.53. The van der Waals surface area contributed by atoms with E-state index < -0.39 is 22.2 Å². The molecule has 0 radical (unpaired) electrons. The van der Waals surface area contributed by atoms with Gasteiger partial charge in [0.2, 0.25) is 5.82 Å². The van der Waals surface area contributed by atoms with Crippen LogP contribution in [0, 0.1) is 21.7 Å². The Balaban J connectivity index is 2.19. The third-order valence-electron chi connectivity index (χ3n) is 3.94. The van der Waals surface area contributed by atoms with Crippen LogP contribution in [0.2, 0.25) is 0 Å². The van der Waals surface area contributed by atoms with Crippen LogP contribution in [0.25, 0.3) is 0 Å². The summed E-state index contributed by atoms with van der Waals surface area (Å²) >= 11 is 0. The molecule has 1 aromatic rings. The molecule has 1 saturated heterocycles. The molecule has 0 bridgehead atoms. The fourth-order valence-electron chi connectivity index (χ4n) is 2.51. The first-order valence-corrected chi connectivity index (χ1v) is 6.88. The number of hydrogen-bond acceptors (Lipinski definition) is 4. The van der Waals surface area contributed by atoms with Crippen LogP contribution < -0.4 is 5.32 Å². The number of rotatable bonds is 4. The maximum atomic E-state index is 13.8. The lowest BCUT2D eigenvalue weighted by atomic mass is 9.90. The summed E-state index contributed by atoms with van der Waals surface area (Å²) in [5.41, 5.74) is -1.07. The second kappa shape index (κ2) is 5.93. The minimum absolute atomic E-state index is 0.0477. The summed E-state index contributed by atoms with van der Waals surface area (Å²) in [7, 11) is 0. The maximum Gasteiger partial charge on any atom is 0.307 e. The largest absolute Gasteiger partial charge is 0.380 e. The monoisotopic (exact) mass is 300 g/mol. The molecule has 1 heterocycles. The fourth-order valence-corrected chi connectivity index (χ4v) is 2.51. The van der Waals surface area contributed by atoms with Crippen LogP contribution in [-0.2, 0) is 4.74 Å². The lowest BCUT2D eigenvalue weighted by Crippen LogP contribution is -2.42. The predicted octanol–water partition coefficient (Wildman–Crippen LogP) is 3.63. The maximum absolute atomic E-state index is 13.8. The van der Waals surface area contributed by atoms with Gasteiger partial charge in [0.05, 0.1) is 16.2 Å². The molecule has 0 aromatic heterocycles. The Labute approximate surface area is 121 Å². The number of nitro benzene ring substituents is 1. The number of ether oxygens (including phenoxy) is 1. The summed E-state index contributed by atoms with van der Waals surface area (Å²) in [4.78, 5) is 9.86. The van der Waals surface area contributed by atoms with E-state index in [1.54, 1.807) is 0 Å². The minimum atomic E-state index is -1.17. The van der Waals surface area contributed by atoms with Crippen LogP contribution in [0.15, 0.2) is 12.1 Å². The van der Waals surface area contributed by atoms with E-state index in [0.29, 0.717) is 25.5 Å². The van der Waals surface area contributed by atoms with Crippen molar-refractivity contribution in [1.82, 2.24) is 0 Å². The van der Waals surface area contributed by atoms with E-state index in [2.05, 4.69) is 5.32 Å². The standard InChI is InChI=1S/C14H18F2N2O3/c1-3-14(2)8-9(4-5-21-14)17-12-7-13(18(19)20)11(16)6-10(12)15/h6-7,9,17H,3-5,8H2,1-2H3. The summed E-state index contributed by atoms with van der Waals surface area (Å²) in [6.45, 7) is 4.52. The highest BCUT2D eigenvalue weighted by Crippen LogP contribution is 2.31. The normalized spacial score (nSPS) is 25.6. The molecule has 1 fully saturated rings. The number of benzene rings is 1. The molecule has 7 heteroatoms. The first-order chi connectivity index (χ1) is 9.84. The summed E-state index contributed by atoms with van der Waals surface area (Å²) in [6, 6.07) is 1.38. The molecule has 116 valence electrons. The van der Waals surface area contributed by atoms with Crippen molar-refractivity contribution in [2.24, 2.45) is 0 Å². The van der Waals surface area contributed by atoms with Gasteiger partial charge in [-0.2, -0.15) is 4.39 Å². The number of nitrogens with one attached hydrogen (secondary N) is 1. The SMILES string of the molecule is CCC1(C)CC(Nc2cc([N+](=O)[O-])c(F)cc2F)CCO1. The number of halogens is 2. The van der Waals surface area contributed by atoms with Gasteiger partial charge in [-0.15, -0.1) is 0 Å². The van der Waals surface area contributed by atoms with Crippen molar-refractivity contribution in [3.63, 3.8) is 0 Å². The predicted molar refractivity (Wildman–Crippen MR) is 74.3 cm³/mol. The van der Waals surface area contributed by atoms with E-state index in [4.69, 9.17) is 4.74 Å². The van der Waals surface area contributed by atoms with E-state index in [0.717, 1.165) is 12.5 Å². The molecule has 0 spiro atoms. The van der Waals surface area contributed by atoms with Crippen molar-refractivity contribution < 1.29 is 18.4 Å². The number of hydrogen-bond donors (Lipinski definition) is 1. The van der Waals surface area contributed by atoms with Crippen LogP contribution in [0.4, 0.5) is 20.2 Å². The van der Waals surface area contributed by atoms with Gasteiger partial charge in [-0.3, -0.25) is 10.1 Å². The quantitative estimate of drug-likeness (QED) is 0.681. The van der Waals surface area contributed by atoms with E-state index >= 15 is 0 Å². The Morgan fingerprint density at radius 2 is 2.19 bits per heavy atom. The van der Waals surface area contributed by atoms with Gasteiger partial charge >= 0.3 is 5.69 Å². The van der Waals surface area contributed by atoms with Gasteiger partial charge in [-0.25, -0.2) is 4.39 Å². The Hall–Kier alpha value is -1.76. The average molecular weight is 300 g/mol. The van der Waals surface area contributed by atoms with Crippen molar-refractivity contribution >= 4 is 11.4 Å². The van der Waals surface area contributed by atoms with Crippen LogP contribution in [0.5, 0.6) is 0 Å². The lowest BCUT2D eigenvalue weighted by molar-refractivity contribution is -0.387. The summed E-state index contributed by atoms with van der Waals surface area (Å²) < 4.78 is 32.8. The van der Waals surface area contributed by atoms with Gasteiger partial charge in [-0.05, 0) is 26.2 Å². The molecule has 1 N–H and O–H groups in total. The van der Waals surface area contributed by atoms with E-state index in [-0.39, 0.29) is 17.3 Å². The highest BCUT2D eigenvalue weighted by atomic mass is 19.1. The Kier molecular flexibility index (Phi) is 4.41. The molecule has 5 nitrogen and oxygen atoms in total. The summed E-state index contributed by atoms with van der Waals surface area (Å²) in [6.07, 6.45) is 2.14. The first kappa shape index (κ1) is 15.6. The number of anilines is 1. The Morgan fingerprint density at radius 3 is 2.81 bits per heavy atom. The van der Waals surface area contributed by atoms with Gasteiger partial charge in [-0.1, -0.05) is 6.92 Å². The molecule has 21 heavy (non-hydrogen) atoms. The van der Waals surface area contributed by atoms with Gasteiger partial charge in [0.15, 0.2) is 0 Å². The van der Waals surface area contributed by atoms with Gasteiger partial charge in [0, 0.05) is 24.8 Å². The van der Waals surface area contributed by atoms with Crippen molar-refractivity contribution in [1.29, 1.82) is 0 Å². The molecule has 0 aliphatic carbocycles. The van der Waals surface area contributed by atoms with Crippen molar-refractivity contribution in [3.8, 4) is 0 Å². The van der Waals surface area contributed by atoms with Gasteiger partial charge in [0.25, 0.3) is 0 Å². The van der Waals surface area contributed by atoms with Crippen molar-refractivity contribution in [2.45, 2.75) is 44.8 Å². The topological polar surface area (TPSA) is 64.4 Å². The Morgan fingerprint density at radius 1 is 1.48 bits per heavy atom. The molecular weight excluding hydrogens is 282 g/mol. The second-order valence-electron chi connectivity index (χ2n) is 5.53. The van der Waals surface area contributed by atoms with E-state index in [1.807, 2.05) is 13.8 Å². The molecule has 1 aliphatic heterocycles. The van der Waals surface area contributed by atoms with E-state index in [1.165, 1.54) is 0 Å². The van der Waals surface area contributed by atoms with E-state index in [9.17, 15) is 18.9 Å². The number of nitrogens with zero attached hydrogens (tertiary/aromatic N) is 1. The third-order valence-corrected chi connectivity index (χ3v) is 3.94. The van der Waals surface area contributed by atoms with Crippen LogP contribution >= 0.6 is 0 Å². The molecule has 2 unspecified atom stereocenters. The highest BCUT2D eigenvalue weighted by molar-refractivity contribution is 5.53. The highest BCUT2D eigenvalue weighted by Gasteiger charge is 2.32. The van der Waals surface area contributed by atoms with Crippen LogP contribution in [0.3, 0.4) is 0 Å². The molecule has 2 rings (SSSR count). The van der Waals surface area contributed by atoms with Crippen LogP contribution in [0.1, 0.15) is 33.1 Å². The molecule has 2 atom stereocenters. The first-order valence-electron chi connectivity index (χ1n) is 6.88. The average Bonchev–Trinajstić information content (AvgIpc) is 2.41. The zero-order valence-corrected chi connectivity index (χ0v) is 12.0. The molecule has 1 aromatic carbocycles. The summed E-state index contributed by atoms with van der Waals surface area (Å²) in [5.74, 6) is -2.00. The molecular formula is C14H18F2N2O3.